The van der Waals surface area contributed by atoms with Crippen molar-refractivity contribution < 1.29 is 14.0 Å². The number of carbonyl (C=O) groups is 2. The summed E-state index contributed by atoms with van der Waals surface area (Å²) < 4.78 is 13.3. The Morgan fingerprint density at radius 1 is 1.29 bits per heavy atom. The maximum atomic E-state index is 13.3. The molecule has 7 heteroatoms. The second kappa shape index (κ2) is 9.80. The van der Waals surface area contributed by atoms with Gasteiger partial charge >= 0.3 is 0 Å². The number of halogens is 1. The summed E-state index contributed by atoms with van der Waals surface area (Å²) in [6, 6.07) is 9.87. The number of carbonyl (C=O) groups excluding carboxylic acids is 2. The van der Waals surface area contributed by atoms with E-state index in [9.17, 15) is 14.0 Å². The molecule has 28 heavy (non-hydrogen) atoms. The summed E-state index contributed by atoms with van der Waals surface area (Å²) in [7, 11) is 0. The number of nitrogens with zero attached hydrogens (tertiary/aromatic N) is 1. The highest BCUT2D eigenvalue weighted by molar-refractivity contribution is 7.10. The molecule has 0 saturated carbocycles. The first-order valence-electron chi connectivity index (χ1n) is 9.60. The predicted octanol–water partition coefficient (Wildman–Crippen LogP) is 3.07. The van der Waals surface area contributed by atoms with Crippen LogP contribution in [0.15, 0.2) is 41.8 Å². The average molecular weight is 404 g/mol. The minimum absolute atomic E-state index is 0.0572. The maximum Gasteiger partial charge on any atom is 0.234 e. The third-order valence-electron chi connectivity index (χ3n) is 5.11. The van der Waals surface area contributed by atoms with Gasteiger partial charge in [-0.3, -0.25) is 14.5 Å². The van der Waals surface area contributed by atoms with Crippen LogP contribution in [0.5, 0.6) is 0 Å². The molecule has 5 nitrogen and oxygen atoms in total. The zero-order chi connectivity index (χ0) is 19.9. The normalized spacial score (nSPS) is 18.5. The molecule has 0 bridgehead atoms. The van der Waals surface area contributed by atoms with E-state index in [1.54, 1.807) is 23.5 Å². The summed E-state index contributed by atoms with van der Waals surface area (Å²) >= 11 is 1.56. The summed E-state index contributed by atoms with van der Waals surface area (Å²) in [5.74, 6) is -0.221. The average Bonchev–Trinajstić information content (AvgIpc) is 3.20. The first kappa shape index (κ1) is 20.5. The first-order chi connectivity index (χ1) is 13.5. The van der Waals surface area contributed by atoms with Crippen LogP contribution in [0.2, 0.25) is 0 Å². The Labute approximate surface area is 168 Å². The molecule has 150 valence electrons. The topological polar surface area (TPSA) is 75.4 Å². The molecule has 0 aliphatic carbocycles. The fourth-order valence-electron chi connectivity index (χ4n) is 3.72. The number of benzene rings is 1. The number of amides is 2. The number of piperidine rings is 1. The van der Waals surface area contributed by atoms with Crippen LogP contribution in [0.1, 0.15) is 42.2 Å². The molecule has 2 unspecified atom stereocenters. The molecule has 0 radical (unpaired) electrons. The zero-order valence-corrected chi connectivity index (χ0v) is 16.6. The summed E-state index contributed by atoms with van der Waals surface area (Å²) in [5, 5.41) is 5.07. The number of hydrogen-bond donors (Lipinski definition) is 2. The third-order valence-corrected chi connectivity index (χ3v) is 6.04. The van der Waals surface area contributed by atoms with Gasteiger partial charge in [0, 0.05) is 17.8 Å². The molecule has 1 aromatic carbocycles. The molecule has 1 aliphatic rings. The lowest BCUT2D eigenvalue weighted by Crippen LogP contribution is -2.43. The Morgan fingerprint density at radius 3 is 2.75 bits per heavy atom. The smallest absolute Gasteiger partial charge is 0.234 e. The lowest BCUT2D eigenvalue weighted by molar-refractivity contribution is -0.123. The highest BCUT2D eigenvalue weighted by atomic mass is 32.1. The van der Waals surface area contributed by atoms with E-state index in [1.165, 1.54) is 12.1 Å². The van der Waals surface area contributed by atoms with Crippen LogP contribution >= 0.6 is 11.3 Å². The van der Waals surface area contributed by atoms with E-state index >= 15 is 0 Å². The number of nitrogens with two attached hydrogens (primary N) is 1. The zero-order valence-electron chi connectivity index (χ0n) is 15.8. The summed E-state index contributed by atoms with van der Waals surface area (Å²) in [6.07, 6.45) is 3.26. The summed E-state index contributed by atoms with van der Waals surface area (Å²) in [6.45, 7) is 2.00. The van der Waals surface area contributed by atoms with Crippen molar-refractivity contribution >= 4 is 23.2 Å². The van der Waals surface area contributed by atoms with Crippen LogP contribution in [-0.2, 0) is 9.59 Å². The number of hydrogen-bond acceptors (Lipinski definition) is 4. The lowest BCUT2D eigenvalue weighted by atomic mass is 9.93. The van der Waals surface area contributed by atoms with E-state index in [-0.39, 0.29) is 23.7 Å². The van der Waals surface area contributed by atoms with Gasteiger partial charge in [-0.25, -0.2) is 4.39 Å². The molecule has 1 aliphatic heterocycles. The van der Waals surface area contributed by atoms with Crippen molar-refractivity contribution in [3.05, 3.63) is 58.0 Å². The second-order valence-corrected chi connectivity index (χ2v) is 8.30. The highest BCUT2D eigenvalue weighted by Crippen LogP contribution is 2.26. The van der Waals surface area contributed by atoms with Gasteiger partial charge in [0.05, 0.1) is 12.6 Å². The van der Waals surface area contributed by atoms with Gasteiger partial charge in [-0.05, 0) is 60.9 Å². The van der Waals surface area contributed by atoms with E-state index in [0.29, 0.717) is 18.9 Å². The van der Waals surface area contributed by atoms with E-state index in [4.69, 9.17) is 5.73 Å². The van der Waals surface area contributed by atoms with Gasteiger partial charge in [0.2, 0.25) is 11.8 Å². The van der Waals surface area contributed by atoms with Crippen molar-refractivity contribution in [2.75, 3.05) is 19.6 Å². The van der Waals surface area contributed by atoms with Crippen LogP contribution in [0.3, 0.4) is 0 Å². The molecule has 3 rings (SSSR count). The van der Waals surface area contributed by atoms with Crippen molar-refractivity contribution in [2.24, 2.45) is 11.7 Å². The molecular weight excluding hydrogens is 377 g/mol. The van der Waals surface area contributed by atoms with E-state index in [1.807, 2.05) is 17.5 Å². The van der Waals surface area contributed by atoms with Crippen molar-refractivity contribution in [1.29, 1.82) is 0 Å². The van der Waals surface area contributed by atoms with Gasteiger partial charge in [0.1, 0.15) is 5.82 Å². The number of nitrogens with one attached hydrogen (secondary N) is 1. The molecule has 1 fully saturated rings. The maximum absolute atomic E-state index is 13.3. The van der Waals surface area contributed by atoms with Crippen LogP contribution < -0.4 is 11.1 Å². The van der Waals surface area contributed by atoms with E-state index in [0.717, 1.165) is 42.8 Å². The number of likely N-dealkylation sites (tertiary alicyclic amines) is 1. The van der Waals surface area contributed by atoms with E-state index < -0.39 is 0 Å². The number of thiophene rings is 1. The van der Waals surface area contributed by atoms with Gasteiger partial charge in [-0.15, -0.1) is 11.3 Å². The van der Waals surface area contributed by atoms with Crippen molar-refractivity contribution in [1.82, 2.24) is 10.2 Å². The standard InChI is InChI=1S/C21H26FN3O2S/c22-17-8-6-16(7-9-17)21(18-4-2-12-28-18)24-20(27)14-25-11-1-3-15(13-25)5-10-19(23)26/h2,4,6-9,12,15,21H,1,3,5,10-11,13-14H2,(H2,23,26)(H,24,27). The van der Waals surface area contributed by atoms with Gasteiger partial charge in [0.15, 0.2) is 0 Å². The van der Waals surface area contributed by atoms with Gasteiger partial charge in [-0.1, -0.05) is 18.2 Å². The first-order valence-corrected chi connectivity index (χ1v) is 10.5. The van der Waals surface area contributed by atoms with Gasteiger partial charge in [-0.2, -0.15) is 0 Å². The van der Waals surface area contributed by atoms with Crippen LogP contribution in [0.4, 0.5) is 4.39 Å². The molecule has 2 atom stereocenters. The highest BCUT2D eigenvalue weighted by Gasteiger charge is 2.24. The monoisotopic (exact) mass is 403 g/mol. The SMILES string of the molecule is NC(=O)CCC1CCCN(CC(=O)NC(c2ccc(F)cc2)c2cccs2)C1. The quantitative estimate of drug-likeness (QED) is 0.711. The number of rotatable bonds is 8. The molecule has 0 spiro atoms. The molecule has 1 aromatic heterocycles. The number of primary amides is 1. The molecular formula is C21H26FN3O2S. The Hall–Kier alpha value is -2.25. The molecule has 2 heterocycles. The molecule has 3 N–H and O–H groups in total. The second-order valence-electron chi connectivity index (χ2n) is 7.32. The van der Waals surface area contributed by atoms with Gasteiger partial charge < -0.3 is 11.1 Å². The van der Waals surface area contributed by atoms with E-state index in [2.05, 4.69) is 10.2 Å². The Morgan fingerprint density at radius 2 is 2.07 bits per heavy atom. The fraction of sp³-hybridized carbons (Fsp3) is 0.429. The predicted molar refractivity (Wildman–Crippen MR) is 108 cm³/mol. The minimum atomic E-state index is -0.296. The lowest BCUT2D eigenvalue weighted by Gasteiger charge is -2.32. The fourth-order valence-corrected chi connectivity index (χ4v) is 4.52. The van der Waals surface area contributed by atoms with Crippen LogP contribution in [0.25, 0.3) is 0 Å². The van der Waals surface area contributed by atoms with Crippen molar-refractivity contribution in [2.45, 2.75) is 31.7 Å². The van der Waals surface area contributed by atoms with Crippen LogP contribution in [0, 0.1) is 11.7 Å². The van der Waals surface area contributed by atoms with Crippen molar-refractivity contribution in [3.63, 3.8) is 0 Å². The molecule has 1 saturated heterocycles. The molecule has 2 aromatic rings. The Kier molecular flexibility index (Phi) is 7.17. The molecule has 2 amide bonds. The third kappa shape index (κ3) is 5.87. The summed E-state index contributed by atoms with van der Waals surface area (Å²) in [4.78, 5) is 26.9. The summed E-state index contributed by atoms with van der Waals surface area (Å²) in [5.41, 5.74) is 6.11. The van der Waals surface area contributed by atoms with Crippen LogP contribution in [-0.4, -0.2) is 36.3 Å². The Bertz CT molecular complexity index is 779. The van der Waals surface area contributed by atoms with Gasteiger partial charge in [0.25, 0.3) is 0 Å². The minimum Gasteiger partial charge on any atom is -0.370 e. The Balaban J connectivity index is 1.61. The largest absolute Gasteiger partial charge is 0.370 e. The van der Waals surface area contributed by atoms with Crippen molar-refractivity contribution in [3.8, 4) is 0 Å².